The fourth-order valence-corrected chi connectivity index (χ4v) is 5.42. The maximum absolute atomic E-state index is 9.77. The van der Waals surface area contributed by atoms with Crippen LogP contribution in [0.15, 0.2) is 42.5 Å². The molecule has 2 N–H and O–H groups in total. The molecule has 0 spiro atoms. The Morgan fingerprint density at radius 3 is 2.44 bits per heavy atom. The van der Waals surface area contributed by atoms with E-state index in [9.17, 15) is 5.11 Å². The van der Waals surface area contributed by atoms with Crippen LogP contribution < -0.4 is 15.0 Å². The van der Waals surface area contributed by atoms with Crippen LogP contribution in [-0.2, 0) is 36.9 Å². The smallest absolute Gasteiger partial charge is 0.142 e. The summed E-state index contributed by atoms with van der Waals surface area (Å²) in [7, 11) is 3.42. The first-order valence-electron chi connectivity index (χ1n) is 14.9. The van der Waals surface area contributed by atoms with Gasteiger partial charge in [-0.3, -0.25) is 0 Å². The van der Waals surface area contributed by atoms with Crippen LogP contribution in [-0.4, -0.2) is 96.9 Å². The first-order valence-corrected chi connectivity index (χ1v) is 14.9. The van der Waals surface area contributed by atoms with Gasteiger partial charge >= 0.3 is 0 Å². The zero-order chi connectivity index (χ0) is 28.9. The molecule has 2 aliphatic heterocycles. The van der Waals surface area contributed by atoms with E-state index in [2.05, 4.69) is 52.7 Å². The molecule has 2 aliphatic rings. The van der Waals surface area contributed by atoms with Gasteiger partial charge in [0.2, 0.25) is 0 Å². The summed E-state index contributed by atoms with van der Waals surface area (Å²) < 4.78 is 34.9. The van der Waals surface area contributed by atoms with Crippen molar-refractivity contribution in [1.29, 1.82) is 0 Å². The molecule has 2 heterocycles. The molecule has 2 aromatic carbocycles. The number of piperidine rings is 1. The fraction of sp³-hybridized carbons (Fsp3) is 0.625. The van der Waals surface area contributed by atoms with Crippen molar-refractivity contribution < 1.29 is 33.5 Å². The molecular formula is C32H48N2O7. The number of nitrogens with zero attached hydrogens (tertiary/aromatic N) is 1. The molecule has 1 fully saturated rings. The number of hydrogen-bond donors (Lipinski definition) is 2. The molecular weight excluding hydrogens is 524 g/mol. The SMILES string of the molecule is COCCCN1CCOc2ccc(CO[C@H]3CNC[C@@H](OCC[C@@H](C)O)[C@@H]3c3ccc(COCCOC)cc3)cc21. The van der Waals surface area contributed by atoms with Gasteiger partial charge in [0.05, 0.1) is 57.0 Å². The van der Waals surface area contributed by atoms with Gasteiger partial charge in [-0.2, -0.15) is 0 Å². The van der Waals surface area contributed by atoms with Crippen LogP contribution >= 0.6 is 0 Å². The Kier molecular flexibility index (Phi) is 13.2. The highest BCUT2D eigenvalue weighted by Crippen LogP contribution is 2.34. The van der Waals surface area contributed by atoms with Gasteiger partial charge in [0, 0.05) is 53.0 Å². The molecule has 0 unspecified atom stereocenters. The van der Waals surface area contributed by atoms with Gasteiger partial charge in [0.1, 0.15) is 12.4 Å². The van der Waals surface area contributed by atoms with E-state index in [1.54, 1.807) is 21.1 Å². The van der Waals surface area contributed by atoms with Gasteiger partial charge in [-0.05, 0) is 48.6 Å². The first kappa shape index (κ1) is 31.7. The molecule has 0 aromatic heterocycles. The quantitative estimate of drug-likeness (QED) is 0.276. The number of aliphatic hydroxyl groups is 1. The molecule has 9 nitrogen and oxygen atoms in total. The van der Waals surface area contributed by atoms with Gasteiger partial charge in [-0.15, -0.1) is 0 Å². The monoisotopic (exact) mass is 572 g/mol. The highest BCUT2D eigenvalue weighted by Gasteiger charge is 2.36. The van der Waals surface area contributed by atoms with Crippen LogP contribution in [0, 0.1) is 0 Å². The third-order valence-corrected chi connectivity index (χ3v) is 7.65. The van der Waals surface area contributed by atoms with Crippen LogP contribution in [0.2, 0.25) is 0 Å². The third kappa shape index (κ3) is 9.64. The third-order valence-electron chi connectivity index (χ3n) is 7.65. The summed E-state index contributed by atoms with van der Waals surface area (Å²) in [6, 6.07) is 14.9. The van der Waals surface area contributed by atoms with Crippen molar-refractivity contribution in [3.63, 3.8) is 0 Å². The predicted molar refractivity (Wildman–Crippen MR) is 159 cm³/mol. The Hall–Kier alpha value is -2.24. The maximum atomic E-state index is 9.77. The topological polar surface area (TPSA) is 90.9 Å². The summed E-state index contributed by atoms with van der Waals surface area (Å²) in [6.07, 6.45) is 1.04. The summed E-state index contributed by atoms with van der Waals surface area (Å²) in [4.78, 5) is 2.37. The highest BCUT2D eigenvalue weighted by molar-refractivity contribution is 5.61. The second-order valence-corrected chi connectivity index (χ2v) is 10.9. The van der Waals surface area contributed by atoms with E-state index in [4.69, 9.17) is 28.4 Å². The summed E-state index contributed by atoms with van der Waals surface area (Å²) in [5.41, 5.74) is 4.54. The number of hydrogen-bond acceptors (Lipinski definition) is 9. The summed E-state index contributed by atoms with van der Waals surface area (Å²) >= 11 is 0. The van der Waals surface area contributed by atoms with Gasteiger partial charge in [-0.25, -0.2) is 0 Å². The number of aliphatic hydroxyl groups excluding tert-OH is 1. The molecule has 228 valence electrons. The molecule has 0 bridgehead atoms. The minimum absolute atomic E-state index is 0.0558. The molecule has 0 radical (unpaired) electrons. The van der Waals surface area contributed by atoms with Crippen molar-refractivity contribution in [3.8, 4) is 5.75 Å². The Morgan fingerprint density at radius 1 is 0.927 bits per heavy atom. The van der Waals surface area contributed by atoms with E-state index >= 15 is 0 Å². The minimum Gasteiger partial charge on any atom is -0.490 e. The fourth-order valence-electron chi connectivity index (χ4n) is 5.42. The Morgan fingerprint density at radius 2 is 1.68 bits per heavy atom. The number of nitrogens with one attached hydrogen (secondary N) is 1. The Balaban J connectivity index is 1.45. The summed E-state index contributed by atoms with van der Waals surface area (Å²) in [5, 5.41) is 13.3. The molecule has 4 atom stereocenters. The average Bonchev–Trinajstić information content (AvgIpc) is 2.99. The molecule has 41 heavy (non-hydrogen) atoms. The molecule has 0 aliphatic carbocycles. The van der Waals surface area contributed by atoms with Crippen LogP contribution in [0.25, 0.3) is 0 Å². The zero-order valence-electron chi connectivity index (χ0n) is 24.9. The van der Waals surface area contributed by atoms with Crippen LogP contribution in [0.4, 0.5) is 5.69 Å². The molecule has 4 rings (SSSR count). The molecule has 0 saturated carbocycles. The normalized spacial score (nSPS) is 21.4. The van der Waals surface area contributed by atoms with Gasteiger partial charge in [0.25, 0.3) is 0 Å². The lowest BCUT2D eigenvalue weighted by atomic mass is 9.85. The number of ether oxygens (including phenoxy) is 6. The minimum atomic E-state index is -0.392. The van der Waals surface area contributed by atoms with Crippen molar-refractivity contribution in [1.82, 2.24) is 5.32 Å². The van der Waals surface area contributed by atoms with Crippen molar-refractivity contribution >= 4 is 5.69 Å². The standard InChI is InChI=1S/C32H48N2O7/c1-24(35)11-15-39-30-20-33-21-31(32(30)27-8-5-25(6-9-27)22-38-18-17-37-3)41-23-26-7-10-29-28(19-26)34(13-16-40-29)12-4-14-36-2/h5-10,19,24,30-33,35H,4,11-18,20-23H2,1-3H3/t24-,30-,31+,32+/m1/s1. The Labute approximate surface area is 245 Å². The van der Waals surface area contributed by atoms with Crippen molar-refractivity contribution in [2.75, 3.05) is 78.3 Å². The van der Waals surface area contributed by atoms with E-state index in [0.29, 0.717) is 46.1 Å². The van der Waals surface area contributed by atoms with E-state index in [0.717, 1.165) is 61.8 Å². The average molecular weight is 573 g/mol. The summed E-state index contributed by atoms with van der Waals surface area (Å²) in [6.45, 7) is 9.21. The maximum Gasteiger partial charge on any atom is 0.142 e. The number of methoxy groups -OCH3 is 2. The van der Waals surface area contributed by atoms with Crippen molar-refractivity contribution in [3.05, 3.63) is 59.2 Å². The summed E-state index contributed by atoms with van der Waals surface area (Å²) in [5.74, 6) is 0.979. The van der Waals surface area contributed by atoms with E-state index in [1.165, 1.54) is 5.56 Å². The lowest BCUT2D eigenvalue weighted by molar-refractivity contribution is -0.0639. The lowest BCUT2D eigenvalue weighted by Gasteiger charge is -2.39. The van der Waals surface area contributed by atoms with Crippen LogP contribution in [0.1, 0.15) is 42.4 Å². The predicted octanol–water partition coefficient (Wildman–Crippen LogP) is 3.51. The van der Waals surface area contributed by atoms with E-state index in [-0.39, 0.29) is 18.1 Å². The molecule has 1 saturated heterocycles. The van der Waals surface area contributed by atoms with E-state index < -0.39 is 6.10 Å². The second kappa shape index (κ2) is 17.0. The largest absolute Gasteiger partial charge is 0.490 e. The molecule has 0 amide bonds. The lowest BCUT2D eigenvalue weighted by Crippen LogP contribution is -2.50. The molecule has 9 heteroatoms. The number of benzene rings is 2. The number of rotatable bonds is 17. The van der Waals surface area contributed by atoms with Gasteiger partial charge in [-0.1, -0.05) is 30.3 Å². The number of anilines is 1. The molecule has 2 aromatic rings. The second-order valence-electron chi connectivity index (χ2n) is 10.9. The van der Waals surface area contributed by atoms with Gasteiger partial charge in [0.15, 0.2) is 0 Å². The van der Waals surface area contributed by atoms with Crippen molar-refractivity contribution in [2.24, 2.45) is 0 Å². The zero-order valence-corrected chi connectivity index (χ0v) is 24.9. The van der Waals surface area contributed by atoms with Crippen molar-refractivity contribution in [2.45, 2.75) is 57.2 Å². The highest BCUT2D eigenvalue weighted by atomic mass is 16.5. The Bertz CT molecular complexity index is 1020. The van der Waals surface area contributed by atoms with Crippen LogP contribution in [0.3, 0.4) is 0 Å². The van der Waals surface area contributed by atoms with E-state index in [1.807, 2.05) is 0 Å². The number of fused-ring (bicyclic) bond motifs is 1. The van der Waals surface area contributed by atoms with Crippen LogP contribution in [0.5, 0.6) is 5.75 Å². The van der Waals surface area contributed by atoms with Gasteiger partial charge < -0.3 is 43.7 Å². The first-order chi connectivity index (χ1) is 20.1.